The van der Waals surface area contributed by atoms with E-state index in [-0.39, 0.29) is 0 Å². The average Bonchev–Trinajstić information content (AvgIpc) is 2.01. The minimum atomic E-state index is 0.669. The Morgan fingerprint density at radius 1 is 1.27 bits per heavy atom. The summed E-state index contributed by atoms with van der Waals surface area (Å²) in [5, 5.41) is 0. The molecule has 0 aromatic carbocycles. The molecule has 0 saturated heterocycles. The second-order valence-electron chi connectivity index (χ2n) is 2.97. The predicted octanol–water partition coefficient (Wildman–Crippen LogP) is 1.70. The average molecular weight is 157 g/mol. The Labute approximate surface area is 69.6 Å². The fourth-order valence-corrected chi connectivity index (χ4v) is 1.02. The van der Waals surface area contributed by atoms with Crippen molar-refractivity contribution in [2.24, 2.45) is 0 Å². The summed E-state index contributed by atoms with van der Waals surface area (Å²) in [5.41, 5.74) is 0. The lowest BCUT2D eigenvalue weighted by Crippen LogP contribution is -2.21. The van der Waals surface area contributed by atoms with E-state index in [2.05, 4.69) is 18.9 Å². The summed E-state index contributed by atoms with van der Waals surface area (Å²) in [6.07, 6.45) is 5.47. The van der Waals surface area contributed by atoms with Crippen LogP contribution < -0.4 is 0 Å². The summed E-state index contributed by atoms with van der Waals surface area (Å²) in [4.78, 5) is 12.2. The van der Waals surface area contributed by atoms with E-state index in [1.165, 1.54) is 19.3 Å². The van der Waals surface area contributed by atoms with Gasteiger partial charge < -0.3 is 9.69 Å². The third-order valence-corrected chi connectivity index (χ3v) is 1.77. The van der Waals surface area contributed by atoms with Crippen LogP contribution in [0.5, 0.6) is 0 Å². The van der Waals surface area contributed by atoms with Crippen LogP contribution in [-0.4, -0.2) is 31.3 Å². The first-order valence-corrected chi connectivity index (χ1v) is 4.43. The van der Waals surface area contributed by atoms with Crippen molar-refractivity contribution >= 4 is 6.29 Å². The van der Waals surface area contributed by atoms with Crippen molar-refractivity contribution < 1.29 is 4.79 Å². The molecule has 0 aliphatic carbocycles. The Bertz CT molecular complexity index is 93.6. The molecule has 0 atom stereocenters. The topological polar surface area (TPSA) is 20.3 Å². The van der Waals surface area contributed by atoms with Gasteiger partial charge in [0.2, 0.25) is 0 Å². The minimum absolute atomic E-state index is 0.669. The number of carbonyl (C=O) groups excluding carboxylic acids is 1. The van der Waals surface area contributed by atoms with E-state index in [0.29, 0.717) is 6.42 Å². The lowest BCUT2D eigenvalue weighted by molar-refractivity contribution is -0.108. The van der Waals surface area contributed by atoms with E-state index in [4.69, 9.17) is 0 Å². The highest BCUT2D eigenvalue weighted by molar-refractivity contribution is 5.49. The molecular weight excluding hydrogens is 138 g/mol. The molecule has 0 aliphatic heterocycles. The van der Waals surface area contributed by atoms with Gasteiger partial charge >= 0.3 is 0 Å². The third kappa shape index (κ3) is 7.53. The highest BCUT2D eigenvalue weighted by Gasteiger charge is 1.95. The Hall–Kier alpha value is -0.370. The van der Waals surface area contributed by atoms with Gasteiger partial charge in [0.1, 0.15) is 6.29 Å². The highest BCUT2D eigenvalue weighted by Crippen LogP contribution is 1.96. The molecule has 0 unspecified atom stereocenters. The van der Waals surface area contributed by atoms with Gasteiger partial charge in [0.05, 0.1) is 0 Å². The van der Waals surface area contributed by atoms with E-state index >= 15 is 0 Å². The first-order chi connectivity index (χ1) is 5.31. The highest BCUT2D eigenvalue weighted by atomic mass is 16.1. The molecule has 0 bridgehead atoms. The van der Waals surface area contributed by atoms with Crippen LogP contribution in [0.15, 0.2) is 0 Å². The largest absolute Gasteiger partial charge is 0.306 e. The summed E-state index contributed by atoms with van der Waals surface area (Å²) < 4.78 is 0. The van der Waals surface area contributed by atoms with Crippen LogP contribution in [0.1, 0.15) is 32.6 Å². The normalized spacial score (nSPS) is 10.5. The van der Waals surface area contributed by atoms with Crippen LogP contribution >= 0.6 is 0 Å². The van der Waals surface area contributed by atoms with Crippen molar-refractivity contribution in [1.82, 2.24) is 4.90 Å². The van der Waals surface area contributed by atoms with Gasteiger partial charge in [-0.25, -0.2) is 0 Å². The number of unbranched alkanes of at least 4 members (excludes halogenated alkanes) is 2. The number of carbonyl (C=O) groups is 1. The molecule has 2 heteroatoms. The van der Waals surface area contributed by atoms with Crippen molar-refractivity contribution in [2.75, 3.05) is 20.1 Å². The quantitative estimate of drug-likeness (QED) is 0.414. The van der Waals surface area contributed by atoms with Gasteiger partial charge in [-0.05, 0) is 20.0 Å². The second-order valence-corrected chi connectivity index (χ2v) is 2.97. The van der Waals surface area contributed by atoms with E-state index in [1.54, 1.807) is 0 Å². The molecule has 0 aromatic rings. The fraction of sp³-hybridized carbons (Fsp3) is 0.889. The summed E-state index contributed by atoms with van der Waals surface area (Å²) >= 11 is 0. The monoisotopic (exact) mass is 157 g/mol. The van der Waals surface area contributed by atoms with Crippen LogP contribution in [0.25, 0.3) is 0 Å². The first kappa shape index (κ1) is 10.6. The van der Waals surface area contributed by atoms with Crippen molar-refractivity contribution in [3.8, 4) is 0 Å². The van der Waals surface area contributed by atoms with Crippen LogP contribution in [0.3, 0.4) is 0 Å². The van der Waals surface area contributed by atoms with Crippen LogP contribution in [0.4, 0.5) is 0 Å². The van der Waals surface area contributed by atoms with Gasteiger partial charge in [0, 0.05) is 13.0 Å². The number of nitrogens with zero attached hydrogens (tertiary/aromatic N) is 1. The molecule has 0 spiro atoms. The molecule has 11 heavy (non-hydrogen) atoms. The van der Waals surface area contributed by atoms with Gasteiger partial charge in [-0.1, -0.05) is 19.8 Å². The molecule has 0 amide bonds. The Morgan fingerprint density at radius 3 is 2.55 bits per heavy atom. The molecule has 0 aromatic heterocycles. The third-order valence-electron chi connectivity index (χ3n) is 1.77. The molecule has 0 rings (SSSR count). The van der Waals surface area contributed by atoms with Crippen molar-refractivity contribution in [3.63, 3.8) is 0 Å². The number of rotatable bonds is 7. The number of aldehydes is 1. The Morgan fingerprint density at radius 2 is 2.00 bits per heavy atom. The zero-order chi connectivity index (χ0) is 8.53. The lowest BCUT2D eigenvalue weighted by Gasteiger charge is -2.13. The standard InChI is InChI=1S/C9H19NO/c1-3-4-5-7-10(2)8-6-9-11/h9H,3-8H2,1-2H3. The number of hydrogen-bond donors (Lipinski definition) is 0. The Balaban J connectivity index is 3.08. The molecule has 0 radical (unpaired) electrons. The van der Waals surface area contributed by atoms with E-state index < -0.39 is 0 Å². The maximum absolute atomic E-state index is 10.0. The van der Waals surface area contributed by atoms with E-state index in [1.807, 2.05) is 0 Å². The molecule has 0 heterocycles. The molecular formula is C9H19NO. The summed E-state index contributed by atoms with van der Waals surface area (Å²) in [5.74, 6) is 0. The summed E-state index contributed by atoms with van der Waals surface area (Å²) in [6.45, 7) is 4.24. The zero-order valence-electron chi connectivity index (χ0n) is 7.68. The second kappa shape index (κ2) is 7.73. The smallest absolute Gasteiger partial charge is 0.121 e. The van der Waals surface area contributed by atoms with Crippen molar-refractivity contribution in [1.29, 1.82) is 0 Å². The molecule has 66 valence electrons. The van der Waals surface area contributed by atoms with E-state index in [9.17, 15) is 4.79 Å². The first-order valence-electron chi connectivity index (χ1n) is 4.43. The van der Waals surface area contributed by atoms with Gasteiger partial charge in [0.25, 0.3) is 0 Å². The SMILES string of the molecule is CCCCCN(C)CCC=O. The summed E-state index contributed by atoms with van der Waals surface area (Å²) in [6, 6.07) is 0. The minimum Gasteiger partial charge on any atom is -0.306 e. The fourth-order valence-electron chi connectivity index (χ4n) is 1.02. The maximum atomic E-state index is 10.0. The number of hydrogen-bond acceptors (Lipinski definition) is 2. The molecule has 0 N–H and O–H groups in total. The van der Waals surface area contributed by atoms with Crippen molar-refractivity contribution in [3.05, 3.63) is 0 Å². The summed E-state index contributed by atoms with van der Waals surface area (Å²) in [7, 11) is 2.07. The van der Waals surface area contributed by atoms with Gasteiger partial charge in [-0.15, -0.1) is 0 Å². The lowest BCUT2D eigenvalue weighted by atomic mass is 10.2. The van der Waals surface area contributed by atoms with Crippen LogP contribution in [-0.2, 0) is 4.79 Å². The predicted molar refractivity (Wildman–Crippen MR) is 47.7 cm³/mol. The van der Waals surface area contributed by atoms with Crippen molar-refractivity contribution in [2.45, 2.75) is 32.6 Å². The molecule has 2 nitrogen and oxygen atoms in total. The van der Waals surface area contributed by atoms with Gasteiger partial charge in [-0.3, -0.25) is 0 Å². The van der Waals surface area contributed by atoms with Crippen LogP contribution in [0, 0.1) is 0 Å². The van der Waals surface area contributed by atoms with Crippen LogP contribution in [0.2, 0.25) is 0 Å². The molecule has 0 fully saturated rings. The Kier molecular flexibility index (Phi) is 7.47. The maximum Gasteiger partial charge on any atom is 0.121 e. The van der Waals surface area contributed by atoms with Gasteiger partial charge in [-0.2, -0.15) is 0 Å². The van der Waals surface area contributed by atoms with Gasteiger partial charge in [0.15, 0.2) is 0 Å². The van der Waals surface area contributed by atoms with E-state index in [0.717, 1.165) is 19.4 Å². The molecule has 0 aliphatic rings. The zero-order valence-corrected chi connectivity index (χ0v) is 7.68. The molecule has 0 saturated carbocycles.